The van der Waals surface area contributed by atoms with Crippen LogP contribution in [-0.4, -0.2) is 85.4 Å². The van der Waals surface area contributed by atoms with Crippen LogP contribution in [0.2, 0.25) is 18.1 Å². The van der Waals surface area contributed by atoms with Gasteiger partial charge in [-0.05, 0) is 111 Å². The maximum atomic E-state index is 17.2. The van der Waals surface area contributed by atoms with Gasteiger partial charge in [-0.1, -0.05) is 53.9 Å². The highest BCUT2D eigenvalue weighted by Gasteiger charge is 2.67. The molecule has 1 aromatic carbocycles. The summed E-state index contributed by atoms with van der Waals surface area (Å²) in [5.41, 5.74) is -0.832. The first-order valence-electron chi connectivity index (χ1n) is 20.3. The fourth-order valence-corrected chi connectivity index (χ4v) is 10.9. The maximum Gasteiger partial charge on any atom is 0.265 e. The minimum absolute atomic E-state index is 0.0605. The number of benzene rings is 1. The summed E-state index contributed by atoms with van der Waals surface area (Å²) in [6, 6.07) is -0.279. The van der Waals surface area contributed by atoms with Crippen LogP contribution in [0.4, 0.5) is 4.39 Å². The number of ether oxygens (including phenoxy) is 2. The van der Waals surface area contributed by atoms with Gasteiger partial charge in [0.15, 0.2) is 25.5 Å². The molecule has 304 valence electrons. The number of nitrogens with zero attached hydrogens (tertiary/aromatic N) is 3. The molecule has 0 spiro atoms. The predicted octanol–water partition coefficient (Wildman–Crippen LogP) is 9.76. The van der Waals surface area contributed by atoms with Crippen molar-refractivity contribution < 1.29 is 37.5 Å². The zero-order valence-corrected chi connectivity index (χ0v) is 37.1. The monoisotopic (exact) mass is 845 g/mol. The van der Waals surface area contributed by atoms with E-state index < -0.39 is 54.9 Å². The molecule has 3 aliphatic carbocycles. The fraction of sp³-hybridized carbons (Fsp3) is 0.690. The van der Waals surface area contributed by atoms with Gasteiger partial charge in [-0.3, -0.25) is 19.4 Å². The number of piperidine rings is 1. The van der Waals surface area contributed by atoms with E-state index in [2.05, 4.69) is 60.6 Å². The number of allylic oxidation sites excluding steroid dienone is 1. The van der Waals surface area contributed by atoms with Gasteiger partial charge in [-0.15, -0.1) is 0 Å². The Labute approximate surface area is 335 Å². The lowest BCUT2D eigenvalue weighted by Crippen LogP contribution is -2.65. The number of unbranched alkanes of at least 4 members (excludes halogenated alkanes) is 2. The van der Waals surface area contributed by atoms with Crippen LogP contribution in [0.3, 0.4) is 0 Å². The standard InChI is InChI=1S/C42H61BrFN3O7Si/c1-11-13-19-51-36-30-26(33(44)27(32(36)43)23-47-18-16-15-17-24(47)3)21-25-22-28-34(46(7)8)37-31(40(45-53-37)52-20-14-12-2)39(50)42(28,38(49)29(25)35(30)48)54-55(9,10)41(4,5)6/h24-25,28,34,49H,11-23H2,1-10H3/t24-,25-,28-,34-,42-/m0/s1. The molecular formula is C42H61BrFN3O7Si. The zero-order valence-electron chi connectivity index (χ0n) is 34.5. The molecule has 4 aliphatic rings. The Morgan fingerprint density at radius 3 is 2.38 bits per heavy atom. The summed E-state index contributed by atoms with van der Waals surface area (Å²) in [6.45, 7) is 18.5. The van der Waals surface area contributed by atoms with E-state index >= 15 is 14.0 Å². The summed E-state index contributed by atoms with van der Waals surface area (Å²) < 4.78 is 43.3. The molecular weight excluding hydrogens is 785 g/mol. The molecule has 0 radical (unpaired) electrons. The smallest absolute Gasteiger partial charge is 0.265 e. The average molecular weight is 847 g/mol. The van der Waals surface area contributed by atoms with E-state index in [1.807, 2.05) is 39.0 Å². The Morgan fingerprint density at radius 2 is 1.76 bits per heavy atom. The number of fused-ring (bicyclic) bond motifs is 4. The summed E-state index contributed by atoms with van der Waals surface area (Å²) >= 11 is 3.72. The number of aromatic nitrogens is 1. The van der Waals surface area contributed by atoms with Crippen molar-refractivity contribution in [3.63, 3.8) is 0 Å². The molecule has 2 aromatic rings. The first kappa shape index (κ1) is 42.0. The number of aliphatic hydroxyl groups excluding tert-OH is 1. The van der Waals surface area contributed by atoms with E-state index in [0.717, 1.165) is 51.5 Å². The Kier molecular flexibility index (Phi) is 12.2. The van der Waals surface area contributed by atoms with Crippen LogP contribution in [0.25, 0.3) is 0 Å². The second-order valence-electron chi connectivity index (χ2n) is 17.9. The van der Waals surface area contributed by atoms with E-state index in [9.17, 15) is 5.11 Å². The topological polar surface area (TPSA) is 115 Å². The lowest BCUT2D eigenvalue weighted by Gasteiger charge is -2.55. The van der Waals surface area contributed by atoms with E-state index in [1.54, 1.807) is 0 Å². The highest BCUT2D eigenvalue weighted by atomic mass is 79.9. The number of hydrogen-bond acceptors (Lipinski definition) is 10. The van der Waals surface area contributed by atoms with Crippen molar-refractivity contribution >= 4 is 35.8 Å². The first-order valence-corrected chi connectivity index (χ1v) is 24.0. The summed E-state index contributed by atoms with van der Waals surface area (Å²) in [4.78, 5) is 34.8. The van der Waals surface area contributed by atoms with Crippen LogP contribution < -0.4 is 9.47 Å². The van der Waals surface area contributed by atoms with E-state index in [0.29, 0.717) is 52.9 Å². The van der Waals surface area contributed by atoms with Crippen molar-refractivity contribution in [2.75, 3.05) is 33.9 Å². The second-order valence-corrected chi connectivity index (χ2v) is 23.4. The second kappa shape index (κ2) is 16.0. The number of likely N-dealkylation sites (tertiary alicyclic amines) is 1. The molecule has 0 saturated carbocycles. The predicted molar refractivity (Wildman–Crippen MR) is 216 cm³/mol. The SMILES string of the molecule is CCCCOc1noc2c1C(=O)[C@@]1(O[Si](C)(C)C(C)(C)C)C(O)=C3C(=O)c4c(c(F)c(CN5CCCC[C@@H]5C)c(Br)c4OCCCC)C[C@H]3C[C@H]1[C@@H]2N(C)C. The maximum absolute atomic E-state index is 17.2. The number of ketones is 2. The van der Waals surface area contributed by atoms with Crippen molar-refractivity contribution in [1.29, 1.82) is 0 Å². The molecule has 10 nitrogen and oxygen atoms in total. The lowest BCUT2D eigenvalue weighted by molar-refractivity contribution is -0.0481. The third-order valence-electron chi connectivity index (χ3n) is 13.0. The minimum atomic E-state index is -2.88. The molecule has 0 bridgehead atoms. The van der Waals surface area contributed by atoms with Crippen LogP contribution in [0, 0.1) is 17.7 Å². The number of hydrogen-bond donors (Lipinski definition) is 1. The van der Waals surface area contributed by atoms with Gasteiger partial charge in [0, 0.05) is 35.2 Å². The van der Waals surface area contributed by atoms with Crippen molar-refractivity contribution in [3.8, 4) is 11.6 Å². The van der Waals surface area contributed by atoms with Gasteiger partial charge in [0.25, 0.3) is 5.88 Å². The van der Waals surface area contributed by atoms with E-state index in [4.69, 9.17) is 18.4 Å². The van der Waals surface area contributed by atoms with Gasteiger partial charge < -0.3 is 23.5 Å². The third kappa shape index (κ3) is 7.16. The number of aliphatic hydroxyl groups is 1. The molecule has 13 heteroatoms. The van der Waals surface area contributed by atoms with Gasteiger partial charge in [0.05, 0.1) is 29.3 Å². The fourth-order valence-electron chi connectivity index (χ4n) is 8.84. The van der Waals surface area contributed by atoms with Crippen molar-refractivity contribution in [1.82, 2.24) is 15.0 Å². The quantitative estimate of drug-likeness (QED) is 0.154. The lowest BCUT2D eigenvalue weighted by atomic mass is 9.58. The first-order chi connectivity index (χ1) is 25.9. The molecule has 55 heavy (non-hydrogen) atoms. The van der Waals surface area contributed by atoms with Crippen LogP contribution in [0.1, 0.15) is 137 Å². The highest BCUT2D eigenvalue weighted by Crippen LogP contribution is 2.60. The largest absolute Gasteiger partial charge is 0.508 e. The van der Waals surface area contributed by atoms with Crippen molar-refractivity contribution in [2.24, 2.45) is 11.8 Å². The molecule has 1 saturated heterocycles. The Bertz CT molecular complexity index is 1840. The number of halogens is 2. The van der Waals surface area contributed by atoms with Gasteiger partial charge >= 0.3 is 0 Å². The summed E-state index contributed by atoms with van der Waals surface area (Å²) in [5, 5.41) is 16.8. The Hall–Kier alpha value is -2.58. The van der Waals surface area contributed by atoms with Crippen LogP contribution in [-0.2, 0) is 17.4 Å². The van der Waals surface area contributed by atoms with Crippen LogP contribution in [0.15, 0.2) is 20.3 Å². The van der Waals surface area contributed by atoms with Gasteiger partial charge in [-0.25, -0.2) is 4.39 Å². The summed E-state index contributed by atoms with van der Waals surface area (Å²) in [7, 11) is 0.909. The zero-order chi connectivity index (χ0) is 40.2. The van der Waals surface area contributed by atoms with E-state index in [1.165, 1.54) is 0 Å². The molecule has 1 fully saturated rings. The average Bonchev–Trinajstić information content (AvgIpc) is 3.53. The molecule has 1 aromatic heterocycles. The molecule has 1 N–H and O–H groups in total. The summed E-state index contributed by atoms with van der Waals surface area (Å²) in [5.74, 6) is -2.46. The number of Topliss-reactive ketones (excluding diaryl/α,β-unsaturated/α-hetero) is 2. The van der Waals surface area contributed by atoms with Crippen molar-refractivity contribution in [2.45, 2.75) is 142 Å². The molecule has 5 atom stereocenters. The highest BCUT2D eigenvalue weighted by molar-refractivity contribution is 9.10. The van der Waals surface area contributed by atoms with E-state index in [-0.39, 0.29) is 40.5 Å². The van der Waals surface area contributed by atoms with Gasteiger partial charge in [0.1, 0.15) is 22.9 Å². The number of carbonyl (C=O) groups is 2. The molecule has 0 unspecified atom stereocenters. The molecule has 6 rings (SSSR count). The normalized spacial score (nSPS) is 25.8. The minimum Gasteiger partial charge on any atom is -0.508 e. The summed E-state index contributed by atoms with van der Waals surface area (Å²) in [6.07, 6.45) is 6.91. The molecule has 2 heterocycles. The number of carbonyl (C=O) groups excluding carboxylic acids is 2. The Balaban J connectivity index is 1.58. The van der Waals surface area contributed by atoms with Crippen molar-refractivity contribution in [3.05, 3.63) is 49.6 Å². The molecule has 1 aliphatic heterocycles. The van der Waals surface area contributed by atoms with Gasteiger partial charge in [0.2, 0.25) is 5.78 Å². The Morgan fingerprint density at radius 1 is 1.09 bits per heavy atom. The molecule has 0 amide bonds. The van der Waals surface area contributed by atoms with Crippen LogP contribution in [0.5, 0.6) is 11.6 Å². The van der Waals surface area contributed by atoms with Crippen LogP contribution >= 0.6 is 15.9 Å². The number of rotatable bonds is 13. The third-order valence-corrected chi connectivity index (χ3v) is 18.3. The van der Waals surface area contributed by atoms with Gasteiger partial charge in [-0.2, -0.15) is 0 Å².